The smallest absolute Gasteiger partial charge is 0.132 e. The lowest BCUT2D eigenvalue weighted by atomic mass is 9.66. The van der Waals surface area contributed by atoms with Gasteiger partial charge in [-0.2, -0.15) is 0 Å². The molecule has 0 fully saturated rings. The summed E-state index contributed by atoms with van der Waals surface area (Å²) >= 11 is 0. The molecular formula is C52H33NO. The van der Waals surface area contributed by atoms with Gasteiger partial charge >= 0.3 is 0 Å². The molecule has 0 amide bonds. The van der Waals surface area contributed by atoms with Gasteiger partial charge in [0.15, 0.2) is 0 Å². The molecule has 54 heavy (non-hydrogen) atoms. The van der Waals surface area contributed by atoms with Crippen molar-refractivity contribution >= 4 is 10.8 Å². The number of nitrogens with zero attached hydrogens (tertiary/aromatic N) is 1. The fourth-order valence-electron chi connectivity index (χ4n) is 8.89. The zero-order valence-electron chi connectivity index (χ0n) is 29.4. The number of fused-ring (bicyclic) bond motifs is 10. The van der Waals surface area contributed by atoms with Crippen LogP contribution in [0, 0.1) is 0 Å². The molecule has 9 aromatic rings. The van der Waals surface area contributed by atoms with E-state index >= 15 is 0 Å². The van der Waals surface area contributed by atoms with E-state index in [0.29, 0.717) is 0 Å². The first-order valence-electron chi connectivity index (χ1n) is 18.5. The summed E-state index contributed by atoms with van der Waals surface area (Å²) in [7, 11) is 0. The quantitative estimate of drug-likeness (QED) is 0.184. The van der Waals surface area contributed by atoms with Gasteiger partial charge in [-0.05, 0) is 74.2 Å². The Morgan fingerprint density at radius 3 is 1.57 bits per heavy atom. The van der Waals surface area contributed by atoms with Crippen LogP contribution < -0.4 is 4.74 Å². The lowest BCUT2D eigenvalue weighted by Gasteiger charge is -2.39. The SMILES string of the molecule is c1ccc(-c2nc(-c3ccc(-c4ccc(-c5ccc6c(c5)C5(c7ccccc7O6)c6ccccc6-c6ccccc65)cc4)cc3)cc3ccccc23)cc1. The third kappa shape index (κ3) is 4.57. The van der Waals surface area contributed by atoms with Crippen molar-refractivity contribution in [3.05, 3.63) is 222 Å². The van der Waals surface area contributed by atoms with Crippen LogP contribution in [0.5, 0.6) is 11.5 Å². The third-order valence-electron chi connectivity index (χ3n) is 11.4. The van der Waals surface area contributed by atoms with Gasteiger partial charge < -0.3 is 4.74 Å². The van der Waals surface area contributed by atoms with E-state index in [4.69, 9.17) is 9.72 Å². The molecule has 1 spiro atoms. The van der Waals surface area contributed by atoms with Crippen molar-refractivity contribution in [2.45, 2.75) is 5.41 Å². The second kappa shape index (κ2) is 12.0. The molecule has 252 valence electrons. The molecule has 2 aliphatic rings. The minimum Gasteiger partial charge on any atom is -0.457 e. The summed E-state index contributed by atoms with van der Waals surface area (Å²) in [5.74, 6) is 1.81. The van der Waals surface area contributed by atoms with Crippen molar-refractivity contribution in [3.8, 4) is 67.4 Å². The van der Waals surface area contributed by atoms with Crippen molar-refractivity contribution < 1.29 is 4.74 Å². The normalized spacial score (nSPS) is 13.1. The Balaban J connectivity index is 0.959. The molecule has 1 aromatic heterocycles. The van der Waals surface area contributed by atoms with Crippen LogP contribution in [0.1, 0.15) is 22.3 Å². The first-order valence-corrected chi connectivity index (χ1v) is 18.5. The maximum Gasteiger partial charge on any atom is 0.132 e. The lowest BCUT2D eigenvalue weighted by Crippen LogP contribution is -2.32. The summed E-state index contributed by atoms with van der Waals surface area (Å²) in [4.78, 5) is 5.17. The van der Waals surface area contributed by atoms with Gasteiger partial charge in [0.1, 0.15) is 11.5 Å². The first kappa shape index (κ1) is 30.6. The molecule has 11 rings (SSSR count). The fourth-order valence-corrected chi connectivity index (χ4v) is 8.89. The van der Waals surface area contributed by atoms with E-state index in [1.54, 1.807) is 0 Å². The molecule has 2 heteroatoms. The van der Waals surface area contributed by atoms with Crippen LogP contribution >= 0.6 is 0 Å². The van der Waals surface area contributed by atoms with E-state index < -0.39 is 5.41 Å². The highest BCUT2D eigenvalue weighted by molar-refractivity contribution is 5.97. The lowest BCUT2D eigenvalue weighted by molar-refractivity contribution is 0.436. The van der Waals surface area contributed by atoms with E-state index in [1.165, 1.54) is 55.5 Å². The van der Waals surface area contributed by atoms with E-state index in [1.807, 2.05) is 6.07 Å². The molecule has 0 saturated heterocycles. The van der Waals surface area contributed by atoms with Crippen LogP contribution in [0.4, 0.5) is 0 Å². The Bertz CT molecular complexity index is 2840. The highest BCUT2D eigenvalue weighted by Gasteiger charge is 2.50. The zero-order valence-corrected chi connectivity index (χ0v) is 29.4. The zero-order chi connectivity index (χ0) is 35.6. The van der Waals surface area contributed by atoms with Crippen LogP contribution in [-0.2, 0) is 5.41 Å². The average molecular weight is 688 g/mol. The van der Waals surface area contributed by atoms with Gasteiger partial charge in [-0.25, -0.2) is 4.98 Å². The molecule has 0 unspecified atom stereocenters. The average Bonchev–Trinajstić information content (AvgIpc) is 3.54. The summed E-state index contributed by atoms with van der Waals surface area (Å²) in [5, 5.41) is 2.35. The van der Waals surface area contributed by atoms with Gasteiger partial charge in [0, 0.05) is 27.6 Å². The standard InChI is InChI=1S/C52H33NO/c1-2-12-38(13-3-1)51-41-15-5-4-14-40(41)33-48(53-51)37-28-26-35(27-29-37)34-22-24-36(25-23-34)39-30-31-50-47(32-39)52(46-20-10-11-21-49(46)54-50)44-18-8-6-16-42(44)43-17-7-9-19-45(43)52/h1-33H. The van der Waals surface area contributed by atoms with E-state index in [9.17, 15) is 0 Å². The predicted octanol–water partition coefficient (Wildman–Crippen LogP) is 13.4. The van der Waals surface area contributed by atoms with Crippen LogP contribution in [0.15, 0.2) is 200 Å². The molecule has 2 heterocycles. The third-order valence-corrected chi connectivity index (χ3v) is 11.4. The molecule has 0 N–H and O–H groups in total. The molecule has 0 radical (unpaired) electrons. The molecule has 0 bridgehead atoms. The first-order chi connectivity index (χ1) is 26.8. The second-order valence-electron chi connectivity index (χ2n) is 14.2. The summed E-state index contributed by atoms with van der Waals surface area (Å²) in [5.41, 5.74) is 15.9. The maximum atomic E-state index is 6.65. The topological polar surface area (TPSA) is 22.1 Å². The highest BCUT2D eigenvalue weighted by atomic mass is 16.5. The van der Waals surface area contributed by atoms with E-state index in [2.05, 4.69) is 194 Å². The minimum atomic E-state index is -0.475. The maximum absolute atomic E-state index is 6.65. The van der Waals surface area contributed by atoms with E-state index in [-0.39, 0.29) is 0 Å². The van der Waals surface area contributed by atoms with Gasteiger partial charge in [-0.1, -0.05) is 176 Å². The largest absolute Gasteiger partial charge is 0.457 e. The summed E-state index contributed by atoms with van der Waals surface area (Å²) in [6.45, 7) is 0. The molecule has 0 saturated carbocycles. The minimum absolute atomic E-state index is 0.475. The van der Waals surface area contributed by atoms with Gasteiger partial charge in [-0.3, -0.25) is 0 Å². The van der Waals surface area contributed by atoms with Crippen molar-refractivity contribution in [2.75, 3.05) is 0 Å². The molecule has 8 aromatic carbocycles. The van der Waals surface area contributed by atoms with Gasteiger partial charge in [0.05, 0.1) is 16.8 Å². The number of benzene rings is 8. The number of para-hydroxylation sites is 1. The number of ether oxygens (including phenoxy) is 1. The van der Waals surface area contributed by atoms with Crippen molar-refractivity contribution in [3.63, 3.8) is 0 Å². The molecule has 2 nitrogen and oxygen atoms in total. The van der Waals surface area contributed by atoms with Crippen molar-refractivity contribution in [1.82, 2.24) is 4.98 Å². The Labute approximate surface area is 314 Å². The Morgan fingerprint density at radius 1 is 0.352 bits per heavy atom. The number of hydrogen-bond acceptors (Lipinski definition) is 2. The van der Waals surface area contributed by atoms with E-state index in [0.717, 1.165) is 45.0 Å². The number of hydrogen-bond donors (Lipinski definition) is 0. The van der Waals surface area contributed by atoms with Crippen LogP contribution in [0.25, 0.3) is 66.7 Å². The predicted molar refractivity (Wildman–Crippen MR) is 221 cm³/mol. The molecule has 1 aliphatic heterocycles. The summed E-state index contributed by atoms with van der Waals surface area (Å²) in [6, 6.07) is 71.9. The van der Waals surface area contributed by atoms with Crippen LogP contribution in [-0.4, -0.2) is 4.98 Å². The Hall–Kier alpha value is -7.03. The number of aromatic nitrogens is 1. The van der Waals surface area contributed by atoms with Gasteiger partial charge in [0.2, 0.25) is 0 Å². The second-order valence-corrected chi connectivity index (χ2v) is 14.2. The fraction of sp³-hybridized carbons (Fsp3) is 0.0192. The monoisotopic (exact) mass is 687 g/mol. The number of rotatable bonds is 4. The van der Waals surface area contributed by atoms with Crippen molar-refractivity contribution in [1.29, 1.82) is 0 Å². The van der Waals surface area contributed by atoms with Gasteiger partial charge in [-0.15, -0.1) is 0 Å². The molecular weight excluding hydrogens is 655 g/mol. The van der Waals surface area contributed by atoms with Crippen molar-refractivity contribution in [2.24, 2.45) is 0 Å². The highest BCUT2D eigenvalue weighted by Crippen LogP contribution is 2.62. The Kier molecular flexibility index (Phi) is 6.80. The molecule has 1 aliphatic carbocycles. The van der Waals surface area contributed by atoms with Crippen LogP contribution in [0.2, 0.25) is 0 Å². The molecule has 0 atom stereocenters. The number of pyridine rings is 1. The summed E-state index contributed by atoms with van der Waals surface area (Å²) in [6.07, 6.45) is 0. The Morgan fingerprint density at radius 2 is 0.870 bits per heavy atom. The van der Waals surface area contributed by atoms with Crippen LogP contribution in [0.3, 0.4) is 0 Å². The summed E-state index contributed by atoms with van der Waals surface area (Å²) < 4.78 is 6.65. The van der Waals surface area contributed by atoms with Gasteiger partial charge in [0.25, 0.3) is 0 Å².